The summed E-state index contributed by atoms with van der Waals surface area (Å²) in [4.78, 5) is 28.2. The van der Waals surface area contributed by atoms with Gasteiger partial charge in [-0.2, -0.15) is 4.98 Å². The number of imidazole rings is 1. The van der Waals surface area contributed by atoms with Crippen LogP contribution in [-0.4, -0.2) is 31.5 Å². The number of aryl methyl sites for hydroxylation is 1. The van der Waals surface area contributed by atoms with Crippen molar-refractivity contribution in [2.75, 3.05) is 10.2 Å². The average molecular weight is 431 g/mol. The number of benzene rings is 1. The number of anilines is 2. The van der Waals surface area contributed by atoms with Crippen LogP contribution in [0.25, 0.3) is 5.69 Å². The largest absolute Gasteiger partial charge is 0.343 e. The third kappa shape index (κ3) is 3.76. The molecular weight excluding hydrogens is 400 g/mol. The van der Waals surface area contributed by atoms with Gasteiger partial charge in [0.15, 0.2) is 0 Å². The molecule has 2 aliphatic rings. The van der Waals surface area contributed by atoms with E-state index in [2.05, 4.69) is 66.1 Å². The Morgan fingerprint density at radius 1 is 1.16 bits per heavy atom. The van der Waals surface area contributed by atoms with Gasteiger partial charge in [-0.15, -0.1) is 0 Å². The summed E-state index contributed by atoms with van der Waals surface area (Å²) < 4.78 is 2.06. The van der Waals surface area contributed by atoms with Gasteiger partial charge in [-0.25, -0.2) is 9.97 Å². The van der Waals surface area contributed by atoms with Crippen molar-refractivity contribution in [3.63, 3.8) is 0 Å². The molecule has 2 aromatic heterocycles. The van der Waals surface area contributed by atoms with E-state index in [0.717, 1.165) is 37.1 Å². The van der Waals surface area contributed by atoms with Crippen LogP contribution in [0.2, 0.25) is 0 Å². The molecule has 0 unspecified atom stereocenters. The third-order valence-corrected chi connectivity index (χ3v) is 6.73. The van der Waals surface area contributed by atoms with E-state index < -0.39 is 0 Å². The molecule has 0 bridgehead atoms. The summed E-state index contributed by atoms with van der Waals surface area (Å²) in [5, 5.41) is 3.52. The topological polar surface area (TPSA) is 75.9 Å². The van der Waals surface area contributed by atoms with E-state index in [1.807, 2.05) is 17.3 Å². The minimum absolute atomic E-state index is 0.141. The Labute approximate surface area is 188 Å². The summed E-state index contributed by atoms with van der Waals surface area (Å²) in [5.74, 6) is 1.75. The molecule has 1 amide bonds. The van der Waals surface area contributed by atoms with Crippen molar-refractivity contribution < 1.29 is 4.79 Å². The van der Waals surface area contributed by atoms with E-state index in [1.165, 1.54) is 5.56 Å². The number of carbonyl (C=O) groups excluding carboxylic acids is 1. The molecule has 1 aliphatic carbocycles. The van der Waals surface area contributed by atoms with Crippen molar-refractivity contribution in [2.45, 2.75) is 64.5 Å². The van der Waals surface area contributed by atoms with Crippen LogP contribution in [0.3, 0.4) is 0 Å². The van der Waals surface area contributed by atoms with Crippen LogP contribution >= 0.6 is 0 Å². The number of carbonyl (C=O) groups is 1. The maximum Gasteiger partial charge on any atom is 0.228 e. The summed E-state index contributed by atoms with van der Waals surface area (Å²) in [6.45, 7) is 6.47. The third-order valence-electron chi connectivity index (χ3n) is 6.73. The standard InChI is InChI=1S/C25H30N6O/c1-4-18-5-7-19(8-6-18)30-15-21(27-16-30)25(12-13-25)29-24-26-14-11-22(28-24)31-20(17(2)3)9-10-23(31)32/h5-8,11,14-17,20H,4,9-10,12-13H2,1-3H3,(H,26,28,29)/t20-/m1/s1. The number of nitrogens with zero attached hydrogens (tertiary/aromatic N) is 5. The van der Waals surface area contributed by atoms with Gasteiger partial charge in [0.2, 0.25) is 11.9 Å². The van der Waals surface area contributed by atoms with Crippen molar-refractivity contribution in [2.24, 2.45) is 5.92 Å². The van der Waals surface area contributed by atoms with Gasteiger partial charge >= 0.3 is 0 Å². The molecule has 1 aromatic carbocycles. The lowest BCUT2D eigenvalue weighted by molar-refractivity contribution is -0.117. The van der Waals surface area contributed by atoms with Crippen LogP contribution in [0.15, 0.2) is 49.1 Å². The van der Waals surface area contributed by atoms with Gasteiger partial charge in [-0.1, -0.05) is 32.9 Å². The van der Waals surface area contributed by atoms with Gasteiger partial charge in [-0.3, -0.25) is 9.69 Å². The first-order chi connectivity index (χ1) is 15.5. The van der Waals surface area contributed by atoms with Gasteiger partial charge in [0.1, 0.15) is 5.82 Å². The lowest BCUT2D eigenvalue weighted by Gasteiger charge is -2.27. The molecule has 2 fully saturated rings. The Balaban J connectivity index is 1.36. The number of amides is 1. The SMILES string of the molecule is CCc1ccc(-n2cnc(C3(Nc4nccc(N5C(=O)CC[C@@H]5C(C)C)n4)CC3)c2)cc1. The molecule has 1 atom stereocenters. The first-order valence-corrected chi connectivity index (χ1v) is 11.6. The molecule has 7 heteroatoms. The van der Waals surface area contributed by atoms with E-state index >= 15 is 0 Å². The second kappa shape index (κ2) is 8.04. The average Bonchev–Trinajstić information content (AvgIpc) is 3.22. The highest BCUT2D eigenvalue weighted by molar-refractivity contribution is 5.95. The molecule has 1 N–H and O–H groups in total. The van der Waals surface area contributed by atoms with Gasteiger partial charge in [0, 0.05) is 30.5 Å². The fourth-order valence-corrected chi connectivity index (χ4v) is 4.58. The molecular formula is C25H30N6O. The minimum Gasteiger partial charge on any atom is -0.343 e. The normalized spacial score (nSPS) is 19.6. The molecule has 7 nitrogen and oxygen atoms in total. The number of hydrogen-bond donors (Lipinski definition) is 1. The molecule has 3 heterocycles. The van der Waals surface area contributed by atoms with E-state index in [1.54, 1.807) is 6.20 Å². The molecule has 166 valence electrons. The molecule has 1 saturated carbocycles. The number of rotatable bonds is 7. The van der Waals surface area contributed by atoms with Crippen molar-refractivity contribution in [3.8, 4) is 5.69 Å². The van der Waals surface area contributed by atoms with Crippen LogP contribution in [-0.2, 0) is 16.8 Å². The lowest BCUT2D eigenvalue weighted by atomic mass is 10.0. The monoisotopic (exact) mass is 430 g/mol. The number of aromatic nitrogens is 4. The molecule has 1 aliphatic heterocycles. The predicted molar refractivity (Wildman–Crippen MR) is 125 cm³/mol. The molecule has 0 radical (unpaired) electrons. The first-order valence-electron chi connectivity index (χ1n) is 11.6. The van der Waals surface area contributed by atoms with E-state index in [-0.39, 0.29) is 17.5 Å². The van der Waals surface area contributed by atoms with Crippen LogP contribution in [0.4, 0.5) is 11.8 Å². The zero-order valence-electron chi connectivity index (χ0n) is 19.0. The summed E-state index contributed by atoms with van der Waals surface area (Å²) in [6.07, 6.45) is 10.1. The quantitative estimate of drug-likeness (QED) is 0.598. The van der Waals surface area contributed by atoms with Crippen LogP contribution in [0, 0.1) is 5.92 Å². The molecule has 32 heavy (non-hydrogen) atoms. The van der Waals surface area contributed by atoms with Crippen molar-refractivity contribution >= 4 is 17.7 Å². The second-order valence-corrected chi connectivity index (χ2v) is 9.25. The summed E-state index contributed by atoms with van der Waals surface area (Å²) in [6, 6.07) is 10.6. The summed E-state index contributed by atoms with van der Waals surface area (Å²) in [7, 11) is 0. The van der Waals surface area contributed by atoms with Crippen molar-refractivity contribution in [1.82, 2.24) is 19.5 Å². The Kier molecular flexibility index (Phi) is 5.19. The second-order valence-electron chi connectivity index (χ2n) is 9.25. The highest BCUT2D eigenvalue weighted by Crippen LogP contribution is 2.47. The Morgan fingerprint density at radius 2 is 1.94 bits per heavy atom. The van der Waals surface area contributed by atoms with Crippen LogP contribution in [0.1, 0.15) is 57.7 Å². The molecule has 1 saturated heterocycles. The molecule has 0 spiro atoms. The van der Waals surface area contributed by atoms with Gasteiger partial charge in [0.25, 0.3) is 0 Å². The van der Waals surface area contributed by atoms with Gasteiger partial charge in [-0.05, 0) is 55.4 Å². The number of nitrogens with one attached hydrogen (secondary N) is 1. The van der Waals surface area contributed by atoms with Crippen molar-refractivity contribution in [3.05, 3.63) is 60.3 Å². The maximum atomic E-state index is 12.5. The fraction of sp³-hybridized carbons (Fsp3) is 0.440. The number of hydrogen-bond acceptors (Lipinski definition) is 5. The molecule has 5 rings (SSSR count). The highest BCUT2D eigenvalue weighted by atomic mass is 16.2. The zero-order chi connectivity index (χ0) is 22.3. The van der Waals surface area contributed by atoms with E-state index in [0.29, 0.717) is 24.1 Å². The predicted octanol–water partition coefficient (Wildman–Crippen LogP) is 4.48. The summed E-state index contributed by atoms with van der Waals surface area (Å²) in [5.41, 5.74) is 3.16. The van der Waals surface area contributed by atoms with Crippen LogP contribution in [0.5, 0.6) is 0 Å². The summed E-state index contributed by atoms with van der Waals surface area (Å²) >= 11 is 0. The van der Waals surface area contributed by atoms with E-state index in [4.69, 9.17) is 9.97 Å². The lowest BCUT2D eigenvalue weighted by Crippen LogP contribution is -2.37. The Morgan fingerprint density at radius 3 is 2.62 bits per heavy atom. The van der Waals surface area contributed by atoms with Gasteiger partial charge in [0.05, 0.1) is 17.6 Å². The van der Waals surface area contributed by atoms with Crippen LogP contribution < -0.4 is 10.2 Å². The van der Waals surface area contributed by atoms with Gasteiger partial charge < -0.3 is 9.88 Å². The maximum absolute atomic E-state index is 12.5. The van der Waals surface area contributed by atoms with E-state index in [9.17, 15) is 4.79 Å². The Bertz CT molecular complexity index is 1120. The molecule has 3 aromatic rings. The van der Waals surface area contributed by atoms with Crippen molar-refractivity contribution in [1.29, 1.82) is 0 Å². The zero-order valence-corrected chi connectivity index (χ0v) is 19.0. The smallest absolute Gasteiger partial charge is 0.228 e. The fourth-order valence-electron chi connectivity index (χ4n) is 4.58. The first kappa shape index (κ1) is 20.7. The minimum atomic E-state index is -0.250. The Hall–Kier alpha value is -3.22. The highest BCUT2D eigenvalue weighted by Gasteiger charge is 2.47.